The fourth-order valence-electron chi connectivity index (χ4n) is 2.72. The van der Waals surface area contributed by atoms with E-state index in [0.29, 0.717) is 34.7 Å². The average Bonchev–Trinajstić information content (AvgIpc) is 2.67. The number of aromatic hydroxyl groups is 1. The van der Waals surface area contributed by atoms with E-state index < -0.39 is 5.56 Å². The quantitative estimate of drug-likeness (QED) is 0.786. The first-order chi connectivity index (χ1) is 12.9. The Labute approximate surface area is 158 Å². The van der Waals surface area contributed by atoms with Gasteiger partial charge in [-0.15, -0.1) is 0 Å². The van der Waals surface area contributed by atoms with E-state index in [1.807, 2.05) is 19.9 Å². The molecule has 7 heteroatoms. The molecule has 27 heavy (non-hydrogen) atoms. The van der Waals surface area contributed by atoms with Gasteiger partial charge in [0.2, 0.25) is 5.88 Å². The lowest BCUT2D eigenvalue weighted by molar-refractivity contribution is 0.372. The van der Waals surface area contributed by atoms with Crippen LogP contribution in [-0.4, -0.2) is 30.1 Å². The lowest BCUT2D eigenvalue weighted by atomic mass is 10.0. The van der Waals surface area contributed by atoms with Crippen LogP contribution in [0.15, 0.2) is 28.0 Å². The molecular weight excluding hydrogens is 346 g/mol. The Bertz CT molecular complexity index is 971. The summed E-state index contributed by atoms with van der Waals surface area (Å²) >= 11 is 0. The number of nitrogens with zero attached hydrogens (tertiary/aromatic N) is 3. The highest BCUT2D eigenvalue weighted by molar-refractivity contribution is 5.88. The summed E-state index contributed by atoms with van der Waals surface area (Å²) in [5, 5.41) is 20.1. The maximum atomic E-state index is 12.6. The Morgan fingerprint density at radius 3 is 2.63 bits per heavy atom. The minimum atomic E-state index is -0.502. The highest BCUT2D eigenvalue weighted by Gasteiger charge is 2.20. The summed E-state index contributed by atoms with van der Waals surface area (Å²) in [6, 6.07) is 6.84. The van der Waals surface area contributed by atoms with Gasteiger partial charge in [0.25, 0.3) is 5.56 Å². The van der Waals surface area contributed by atoms with Crippen LogP contribution in [-0.2, 0) is 0 Å². The molecule has 0 fully saturated rings. The molecule has 1 heterocycles. The van der Waals surface area contributed by atoms with Gasteiger partial charge in [-0.05, 0) is 38.0 Å². The number of ether oxygens (including phenoxy) is 2. The van der Waals surface area contributed by atoms with Crippen LogP contribution in [0.4, 0.5) is 5.69 Å². The van der Waals surface area contributed by atoms with Crippen LogP contribution in [0.1, 0.15) is 43.0 Å². The fourth-order valence-corrected chi connectivity index (χ4v) is 2.72. The van der Waals surface area contributed by atoms with E-state index in [4.69, 9.17) is 9.47 Å². The van der Waals surface area contributed by atoms with Crippen LogP contribution in [0.5, 0.6) is 17.4 Å². The molecule has 1 atom stereocenters. The molecule has 0 saturated carbocycles. The Kier molecular flexibility index (Phi) is 6.24. The van der Waals surface area contributed by atoms with E-state index in [1.165, 1.54) is 17.9 Å². The van der Waals surface area contributed by atoms with E-state index in [0.717, 1.165) is 0 Å². The van der Waals surface area contributed by atoms with Crippen molar-refractivity contribution in [3.05, 3.63) is 45.2 Å². The van der Waals surface area contributed by atoms with Gasteiger partial charge >= 0.3 is 0 Å². The van der Waals surface area contributed by atoms with Crippen molar-refractivity contribution in [3.63, 3.8) is 0 Å². The number of pyridine rings is 1. The van der Waals surface area contributed by atoms with Crippen molar-refractivity contribution in [2.75, 3.05) is 14.2 Å². The van der Waals surface area contributed by atoms with Crippen LogP contribution < -0.4 is 15.0 Å². The van der Waals surface area contributed by atoms with Crippen molar-refractivity contribution in [2.45, 2.75) is 33.2 Å². The van der Waals surface area contributed by atoms with Gasteiger partial charge in [0.1, 0.15) is 28.8 Å². The van der Waals surface area contributed by atoms with Gasteiger partial charge in [-0.3, -0.25) is 14.4 Å². The zero-order valence-electron chi connectivity index (χ0n) is 16.1. The standard InChI is InChI=1S/C20H23N3O4/c1-6-12(2)23-19(24)15(10-21)13(3)16(20(23)25)11-22-17-9-14(26-4)7-8-18(17)27-5/h7-9,11-12,25H,6H2,1-5H3. The lowest BCUT2D eigenvalue weighted by Crippen LogP contribution is -2.27. The van der Waals surface area contributed by atoms with Crippen LogP contribution in [0, 0.1) is 18.3 Å². The van der Waals surface area contributed by atoms with Crippen LogP contribution in [0.2, 0.25) is 0 Å². The highest BCUT2D eigenvalue weighted by Crippen LogP contribution is 2.32. The second kappa shape index (κ2) is 8.41. The number of methoxy groups -OCH3 is 2. The topological polar surface area (TPSA) is 96.8 Å². The molecule has 1 aromatic heterocycles. The molecule has 0 bridgehead atoms. The first-order valence-electron chi connectivity index (χ1n) is 8.53. The second-order valence-electron chi connectivity index (χ2n) is 6.08. The maximum Gasteiger partial charge on any atom is 0.271 e. The monoisotopic (exact) mass is 369 g/mol. The van der Waals surface area contributed by atoms with Gasteiger partial charge in [-0.25, -0.2) is 0 Å². The average molecular weight is 369 g/mol. The van der Waals surface area contributed by atoms with Crippen molar-refractivity contribution in [1.82, 2.24) is 4.57 Å². The fraction of sp³-hybridized carbons (Fsp3) is 0.350. The minimum absolute atomic E-state index is 0.00726. The third kappa shape index (κ3) is 3.80. The third-order valence-corrected chi connectivity index (χ3v) is 4.54. The number of aliphatic imine (C=N–C) groups is 1. The van der Waals surface area contributed by atoms with E-state index in [1.54, 1.807) is 32.2 Å². The molecular formula is C20H23N3O4. The molecule has 0 radical (unpaired) electrons. The number of aromatic nitrogens is 1. The molecule has 0 aliphatic heterocycles. The SMILES string of the molecule is CCC(C)n1c(O)c(C=Nc2cc(OC)ccc2OC)c(C)c(C#N)c1=O. The molecule has 0 aliphatic rings. The summed E-state index contributed by atoms with van der Waals surface area (Å²) in [6.07, 6.45) is 2.06. The van der Waals surface area contributed by atoms with E-state index in [-0.39, 0.29) is 17.5 Å². The van der Waals surface area contributed by atoms with Crippen LogP contribution in [0.3, 0.4) is 0 Å². The van der Waals surface area contributed by atoms with Crippen molar-refractivity contribution in [1.29, 1.82) is 5.26 Å². The summed E-state index contributed by atoms with van der Waals surface area (Å²) in [5.74, 6) is 0.919. The van der Waals surface area contributed by atoms with Crippen molar-refractivity contribution < 1.29 is 14.6 Å². The van der Waals surface area contributed by atoms with Gasteiger partial charge in [-0.2, -0.15) is 5.26 Å². The molecule has 1 aromatic carbocycles. The number of nitriles is 1. The maximum absolute atomic E-state index is 12.6. The number of rotatable bonds is 6. The Balaban J connectivity index is 2.68. The Morgan fingerprint density at radius 1 is 1.37 bits per heavy atom. The van der Waals surface area contributed by atoms with Crippen molar-refractivity contribution >= 4 is 11.9 Å². The van der Waals surface area contributed by atoms with Gasteiger partial charge in [-0.1, -0.05) is 6.92 Å². The zero-order valence-corrected chi connectivity index (χ0v) is 16.1. The molecule has 0 amide bonds. The number of benzene rings is 1. The molecule has 0 aliphatic carbocycles. The van der Waals surface area contributed by atoms with Gasteiger partial charge in [0.15, 0.2) is 0 Å². The molecule has 1 unspecified atom stereocenters. The van der Waals surface area contributed by atoms with E-state index >= 15 is 0 Å². The van der Waals surface area contributed by atoms with Crippen LogP contribution >= 0.6 is 0 Å². The largest absolute Gasteiger partial charge is 0.497 e. The smallest absolute Gasteiger partial charge is 0.271 e. The molecule has 2 aromatic rings. The number of hydrogen-bond donors (Lipinski definition) is 1. The molecule has 1 N–H and O–H groups in total. The Morgan fingerprint density at radius 2 is 2.07 bits per heavy atom. The first kappa shape index (κ1) is 20.0. The minimum Gasteiger partial charge on any atom is -0.497 e. The summed E-state index contributed by atoms with van der Waals surface area (Å²) in [5.41, 5.74) is 0.682. The summed E-state index contributed by atoms with van der Waals surface area (Å²) in [7, 11) is 3.08. The van der Waals surface area contributed by atoms with Crippen molar-refractivity contribution in [3.8, 4) is 23.4 Å². The number of hydrogen-bond acceptors (Lipinski definition) is 6. The third-order valence-electron chi connectivity index (χ3n) is 4.54. The highest BCUT2D eigenvalue weighted by atomic mass is 16.5. The van der Waals surface area contributed by atoms with Gasteiger partial charge < -0.3 is 14.6 Å². The van der Waals surface area contributed by atoms with E-state index in [2.05, 4.69) is 4.99 Å². The molecule has 7 nitrogen and oxygen atoms in total. The molecule has 0 spiro atoms. The lowest BCUT2D eigenvalue weighted by Gasteiger charge is -2.18. The van der Waals surface area contributed by atoms with Crippen LogP contribution in [0.25, 0.3) is 0 Å². The Hall–Kier alpha value is -3.27. The normalized spacial score (nSPS) is 12.0. The van der Waals surface area contributed by atoms with Gasteiger partial charge in [0, 0.05) is 18.3 Å². The van der Waals surface area contributed by atoms with E-state index in [9.17, 15) is 15.2 Å². The molecule has 142 valence electrons. The van der Waals surface area contributed by atoms with Gasteiger partial charge in [0.05, 0.1) is 19.8 Å². The zero-order chi connectivity index (χ0) is 20.1. The summed E-state index contributed by atoms with van der Waals surface area (Å²) < 4.78 is 11.7. The predicted octanol–water partition coefficient (Wildman–Crippen LogP) is 3.47. The molecule has 0 saturated heterocycles. The summed E-state index contributed by atoms with van der Waals surface area (Å²) in [6.45, 7) is 5.33. The van der Waals surface area contributed by atoms with Crippen molar-refractivity contribution in [2.24, 2.45) is 4.99 Å². The second-order valence-corrected chi connectivity index (χ2v) is 6.08. The summed E-state index contributed by atoms with van der Waals surface area (Å²) in [4.78, 5) is 16.9. The predicted molar refractivity (Wildman–Crippen MR) is 104 cm³/mol. The first-order valence-corrected chi connectivity index (χ1v) is 8.53. The molecule has 2 rings (SSSR count).